The number of aromatic nitrogens is 4. The molecule has 30 heavy (non-hydrogen) atoms. The van der Waals surface area contributed by atoms with Gasteiger partial charge in [0.25, 0.3) is 0 Å². The lowest BCUT2D eigenvalue weighted by Crippen LogP contribution is -2.01. The Morgan fingerprint density at radius 3 is 2.33 bits per heavy atom. The van der Waals surface area contributed by atoms with E-state index >= 15 is 0 Å². The number of aryl methyl sites for hydroxylation is 2. The number of hydrogen-bond acceptors (Lipinski definition) is 3. The van der Waals surface area contributed by atoms with Crippen molar-refractivity contribution in [3.05, 3.63) is 102 Å². The van der Waals surface area contributed by atoms with E-state index < -0.39 is 0 Å². The highest BCUT2D eigenvalue weighted by atomic mass is 19.1. The molecule has 0 aliphatic heterocycles. The van der Waals surface area contributed by atoms with Crippen LogP contribution in [0.5, 0.6) is 0 Å². The molecule has 0 saturated heterocycles. The van der Waals surface area contributed by atoms with Gasteiger partial charge >= 0.3 is 0 Å². The van der Waals surface area contributed by atoms with E-state index in [1.54, 1.807) is 24.5 Å². The topological polar surface area (TPSA) is 54.5 Å². The minimum atomic E-state index is -0.267. The first-order chi connectivity index (χ1) is 14.8. The highest BCUT2D eigenvalue weighted by Gasteiger charge is 2.19. The molecular formula is C25H19FN4. The van der Waals surface area contributed by atoms with Gasteiger partial charge < -0.3 is 0 Å². The standard InChI is InChI=1S/C25H19FN4/c26-20-9-7-19(8-10-20)24-23(18-12-14-27-15-13-18)21(22-16-28-30-25(22)29-24)11-6-17-4-2-1-3-5-17/h1-5,7-10,12-16H,6,11H2,(H,28,29,30). The molecule has 0 aliphatic carbocycles. The number of halogens is 1. The van der Waals surface area contributed by atoms with Crippen molar-refractivity contribution in [3.63, 3.8) is 0 Å². The van der Waals surface area contributed by atoms with Crippen LogP contribution in [-0.4, -0.2) is 20.2 Å². The van der Waals surface area contributed by atoms with Gasteiger partial charge in [-0.15, -0.1) is 0 Å². The van der Waals surface area contributed by atoms with Gasteiger partial charge in [0.15, 0.2) is 5.65 Å². The largest absolute Gasteiger partial charge is 0.265 e. The Balaban J connectivity index is 1.73. The first kappa shape index (κ1) is 18.2. The maximum Gasteiger partial charge on any atom is 0.156 e. The molecule has 0 saturated carbocycles. The molecule has 3 heterocycles. The number of rotatable bonds is 5. The lowest BCUT2D eigenvalue weighted by atomic mass is 9.90. The molecule has 4 nitrogen and oxygen atoms in total. The second kappa shape index (κ2) is 7.87. The van der Waals surface area contributed by atoms with Crippen molar-refractivity contribution in [2.24, 2.45) is 0 Å². The minimum absolute atomic E-state index is 0.267. The number of H-pyrrole nitrogens is 1. The van der Waals surface area contributed by atoms with Crippen LogP contribution in [0.25, 0.3) is 33.4 Å². The van der Waals surface area contributed by atoms with E-state index in [2.05, 4.69) is 39.4 Å². The van der Waals surface area contributed by atoms with Crippen LogP contribution in [0, 0.1) is 5.82 Å². The summed E-state index contributed by atoms with van der Waals surface area (Å²) in [7, 11) is 0. The molecule has 1 N–H and O–H groups in total. The zero-order valence-electron chi connectivity index (χ0n) is 16.2. The van der Waals surface area contributed by atoms with Crippen LogP contribution in [0.15, 0.2) is 85.3 Å². The summed E-state index contributed by atoms with van der Waals surface area (Å²) in [6.07, 6.45) is 7.12. The first-order valence-corrected chi connectivity index (χ1v) is 9.86. The molecule has 3 aromatic heterocycles. The second-order valence-electron chi connectivity index (χ2n) is 7.17. The van der Waals surface area contributed by atoms with E-state index in [1.807, 2.05) is 24.4 Å². The van der Waals surface area contributed by atoms with Gasteiger partial charge in [-0.25, -0.2) is 9.37 Å². The van der Waals surface area contributed by atoms with Gasteiger partial charge in [-0.3, -0.25) is 10.1 Å². The number of hydrogen-bond donors (Lipinski definition) is 1. The summed E-state index contributed by atoms with van der Waals surface area (Å²) in [5, 5.41) is 8.25. The number of benzene rings is 2. The SMILES string of the molecule is Fc1ccc(-c2nc3[nH]ncc3c(CCc3ccccc3)c2-c2ccncc2)cc1. The van der Waals surface area contributed by atoms with Crippen molar-refractivity contribution in [2.75, 3.05) is 0 Å². The predicted octanol–water partition coefficient (Wildman–Crippen LogP) is 5.61. The van der Waals surface area contributed by atoms with Gasteiger partial charge in [0.05, 0.1) is 11.9 Å². The zero-order valence-corrected chi connectivity index (χ0v) is 16.2. The van der Waals surface area contributed by atoms with Crippen LogP contribution in [-0.2, 0) is 12.8 Å². The van der Waals surface area contributed by atoms with Crippen molar-refractivity contribution in [1.29, 1.82) is 0 Å². The Morgan fingerprint density at radius 2 is 1.57 bits per heavy atom. The van der Waals surface area contributed by atoms with Crippen LogP contribution in [0.4, 0.5) is 4.39 Å². The molecule has 0 spiro atoms. The number of nitrogens with zero attached hydrogens (tertiary/aromatic N) is 3. The van der Waals surface area contributed by atoms with Crippen molar-refractivity contribution in [2.45, 2.75) is 12.8 Å². The lowest BCUT2D eigenvalue weighted by Gasteiger charge is -2.16. The van der Waals surface area contributed by atoms with Gasteiger partial charge in [-0.1, -0.05) is 30.3 Å². The molecule has 0 atom stereocenters. The van der Waals surface area contributed by atoms with Gasteiger partial charge in [-0.2, -0.15) is 5.10 Å². The average molecular weight is 394 g/mol. The van der Waals surface area contributed by atoms with Crippen LogP contribution < -0.4 is 0 Å². The van der Waals surface area contributed by atoms with Crippen molar-refractivity contribution < 1.29 is 4.39 Å². The molecule has 0 unspecified atom stereocenters. The van der Waals surface area contributed by atoms with Crippen molar-refractivity contribution in [3.8, 4) is 22.4 Å². The van der Waals surface area contributed by atoms with Crippen LogP contribution in [0.1, 0.15) is 11.1 Å². The Kier molecular flexibility index (Phi) is 4.77. The Hall–Kier alpha value is -3.86. The highest BCUT2D eigenvalue weighted by Crippen LogP contribution is 2.37. The van der Waals surface area contributed by atoms with E-state index in [1.165, 1.54) is 23.3 Å². The summed E-state index contributed by atoms with van der Waals surface area (Å²) in [5.74, 6) is -0.267. The summed E-state index contributed by atoms with van der Waals surface area (Å²) >= 11 is 0. The average Bonchev–Trinajstić information content (AvgIpc) is 3.27. The van der Waals surface area contributed by atoms with Crippen molar-refractivity contribution in [1.82, 2.24) is 20.2 Å². The van der Waals surface area contributed by atoms with Crippen LogP contribution >= 0.6 is 0 Å². The fourth-order valence-corrected chi connectivity index (χ4v) is 3.85. The third kappa shape index (κ3) is 3.46. The summed E-state index contributed by atoms with van der Waals surface area (Å²) in [6.45, 7) is 0. The molecule has 5 heteroatoms. The van der Waals surface area contributed by atoms with E-state index in [4.69, 9.17) is 4.98 Å². The molecule has 0 aliphatic rings. The van der Waals surface area contributed by atoms with Gasteiger partial charge in [-0.05, 0) is 65.9 Å². The fourth-order valence-electron chi connectivity index (χ4n) is 3.85. The normalized spacial score (nSPS) is 11.1. The number of pyridine rings is 2. The maximum atomic E-state index is 13.6. The summed E-state index contributed by atoms with van der Waals surface area (Å²) in [5.41, 5.74) is 6.91. The summed E-state index contributed by atoms with van der Waals surface area (Å²) in [4.78, 5) is 9.04. The molecule has 2 aromatic carbocycles. The monoisotopic (exact) mass is 394 g/mol. The van der Waals surface area contributed by atoms with Gasteiger partial charge in [0, 0.05) is 28.9 Å². The second-order valence-corrected chi connectivity index (χ2v) is 7.17. The predicted molar refractivity (Wildman–Crippen MR) is 116 cm³/mol. The van der Waals surface area contributed by atoms with Crippen LogP contribution in [0.2, 0.25) is 0 Å². The quantitative estimate of drug-likeness (QED) is 0.421. The fraction of sp³-hybridized carbons (Fsp3) is 0.0800. The first-order valence-electron chi connectivity index (χ1n) is 9.86. The molecule has 0 amide bonds. The molecule has 146 valence electrons. The van der Waals surface area contributed by atoms with Crippen molar-refractivity contribution >= 4 is 11.0 Å². The number of aromatic amines is 1. The third-order valence-corrected chi connectivity index (χ3v) is 5.30. The maximum absolute atomic E-state index is 13.6. The smallest absolute Gasteiger partial charge is 0.156 e. The van der Waals surface area contributed by atoms with E-state index in [9.17, 15) is 4.39 Å². The van der Waals surface area contributed by atoms with Gasteiger partial charge in [0.2, 0.25) is 0 Å². The number of fused-ring (bicyclic) bond motifs is 1. The zero-order chi connectivity index (χ0) is 20.3. The Bertz CT molecular complexity index is 1280. The molecule has 5 rings (SSSR count). The van der Waals surface area contributed by atoms with E-state index in [0.29, 0.717) is 0 Å². The molecule has 5 aromatic rings. The molecule has 0 radical (unpaired) electrons. The minimum Gasteiger partial charge on any atom is -0.265 e. The third-order valence-electron chi connectivity index (χ3n) is 5.30. The van der Waals surface area contributed by atoms with E-state index in [-0.39, 0.29) is 5.82 Å². The highest BCUT2D eigenvalue weighted by molar-refractivity contribution is 5.94. The Morgan fingerprint density at radius 1 is 0.800 bits per heavy atom. The van der Waals surface area contributed by atoms with E-state index in [0.717, 1.165) is 46.3 Å². The molecule has 0 fully saturated rings. The molecule has 0 bridgehead atoms. The summed E-state index contributed by atoms with van der Waals surface area (Å²) < 4.78 is 13.6. The van der Waals surface area contributed by atoms with Crippen LogP contribution in [0.3, 0.4) is 0 Å². The number of nitrogens with one attached hydrogen (secondary N) is 1. The summed E-state index contributed by atoms with van der Waals surface area (Å²) in [6, 6.07) is 20.9. The molecular weight excluding hydrogens is 375 g/mol. The Labute approximate surface area is 173 Å². The lowest BCUT2D eigenvalue weighted by molar-refractivity contribution is 0.628. The van der Waals surface area contributed by atoms with Gasteiger partial charge in [0.1, 0.15) is 5.82 Å².